The fraction of sp³-hybridized carbons (Fsp3) is 0.333. The molecule has 0 saturated heterocycles. The van der Waals surface area contributed by atoms with Crippen LogP contribution in [0.1, 0.15) is 17.3 Å². The summed E-state index contributed by atoms with van der Waals surface area (Å²) in [5.74, 6) is -3.76. The standard InChI is InChI=1S/C12H12F3NO5/c1-3-21-9-4-6(10(17)18)7(5-8(9)20-2)16-11(19)12(13,14)15/h4-5H,3H2,1-2H3,(H,16,19)(H,17,18). The topological polar surface area (TPSA) is 84.9 Å². The zero-order valence-corrected chi connectivity index (χ0v) is 11.1. The van der Waals surface area contributed by atoms with E-state index in [2.05, 4.69) is 0 Å². The van der Waals surface area contributed by atoms with E-state index in [9.17, 15) is 22.8 Å². The van der Waals surface area contributed by atoms with Crippen LogP contribution < -0.4 is 14.8 Å². The molecule has 116 valence electrons. The molecule has 0 bridgehead atoms. The predicted molar refractivity (Wildman–Crippen MR) is 65.8 cm³/mol. The second kappa shape index (κ2) is 6.33. The average Bonchev–Trinajstić information content (AvgIpc) is 2.38. The lowest BCUT2D eigenvalue weighted by atomic mass is 10.1. The van der Waals surface area contributed by atoms with Gasteiger partial charge in [-0.3, -0.25) is 4.79 Å². The monoisotopic (exact) mass is 307 g/mol. The van der Waals surface area contributed by atoms with Crippen LogP contribution >= 0.6 is 0 Å². The number of hydrogen-bond donors (Lipinski definition) is 2. The van der Waals surface area contributed by atoms with E-state index < -0.39 is 29.3 Å². The second-order valence-corrected chi connectivity index (χ2v) is 3.74. The summed E-state index contributed by atoms with van der Waals surface area (Å²) in [5, 5.41) is 10.5. The quantitative estimate of drug-likeness (QED) is 0.872. The van der Waals surface area contributed by atoms with Crippen molar-refractivity contribution >= 4 is 17.6 Å². The number of anilines is 1. The zero-order valence-electron chi connectivity index (χ0n) is 11.1. The molecule has 21 heavy (non-hydrogen) atoms. The van der Waals surface area contributed by atoms with Gasteiger partial charge in [0.15, 0.2) is 11.5 Å². The van der Waals surface area contributed by atoms with Crippen molar-refractivity contribution in [3.05, 3.63) is 17.7 Å². The number of nitrogens with one attached hydrogen (secondary N) is 1. The molecular weight excluding hydrogens is 295 g/mol. The van der Waals surface area contributed by atoms with E-state index in [4.69, 9.17) is 14.6 Å². The molecule has 9 heteroatoms. The van der Waals surface area contributed by atoms with E-state index in [1.807, 2.05) is 0 Å². The number of halogens is 3. The van der Waals surface area contributed by atoms with Crippen LogP contribution in [0.4, 0.5) is 18.9 Å². The maximum Gasteiger partial charge on any atom is 0.471 e. The lowest BCUT2D eigenvalue weighted by Gasteiger charge is -2.15. The number of benzene rings is 1. The van der Waals surface area contributed by atoms with Crippen molar-refractivity contribution < 1.29 is 37.3 Å². The summed E-state index contributed by atoms with van der Waals surface area (Å²) in [7, 11) is 1.23. The maximum atomic E-state index is 12.2. The van der Waals surface area contributed by atoms with Crippen LogP contribution in [0.25, 0.3) is 0 Å². The molecule has 0 aliphatic heterocycles. The summed E-state index contributed by atoms with van der Waals surface area (Å²) in [6.45, 7) is 1.84. The Bertz CT molecular complexity index is 557. The molecule has 1 amide bonds. The van der Waals surface area contributed by atoms with Gasteiger partial charge in [-0.1, -0.05) is 0 Å². The van der Waals surface area contributed by atoms with E-state index >= 15 is 0 Å². The maximum absolute atomic E-state index is 12.2. The number of methoxy groups -OCH3 is 1. The first-order chi connectivity index (χ1) is 9.70. The Morgan fingerprint density at radius 1 is 1.29 bits per heavy atom. The van der Waals surface area contributed by atoms with Gasteiger partial charge in [0.2, 0.25) is 0 Å². The minimum atomic E-state index is -5.14. The number of carboxylic acids is 1. The van der Waals surface area contributed by atoms with Gasteiger partial charge < -0.3 is 19.9 Å². The van der Waals surface area contributed by atoms with Gasteiger partial charge in [-0.25, -0.2) is 4.79 Å². The number of alkyl halides is 3. The summed E-state index contributed by atoms with van der Waals surface area (Å²) in [4.78, 5) is 22.0. The van der Waals surface area contributed by atoms with Crippen LogP contribution in [0.5, 0.6) is 11.5 Å². The Kier molecular flexibility index (Phi) is 5.01. The lowest BCUT2D eigenvalue weighted by molar-refractivity contribution is -0.167. The molecule has 0 spiro atoms. The molecule has 0 saturated carbocycles. The van der Waals surface area contributed by atoms with Crippen molar-refractivity contribution in [1.29, 1.82) is 0 Å². The highest BCUT2D eigenvalue weighted by Crippen LogP contribution is 2.34. The largest absolute Gasteiger partial charge is 0.493 e. The summed E-state index contributed by atoms with van der Waals surface area (Å²) in [6, 6.07) is 1.94. The summed E-state index contributed by atoms with van der Waals surface area (Å²) < 4.78 is 46.7. The van der Waals surface area contributed by atoms with Gasteiger partial charge >= 0.3 is 18.1 Å². The van der Waals surface area contributed by atoms with Crippen molar-refractivity contribution in [3.63, 3.8) is 0 Å². The minimum Gasteiger partial charge on any atom is -0.493 e. The molecule has 0 atom stereocenters. The van der Waals surface area contributed by atoms with E-state index in [1.54, 1.807) is 6.92 Å². The molecule has 1 rings (SSSR count). The highest BCUT2D eigenvalue weighted by molar-refractivity contribution is 6.03. The van der Waals surface area contributed by atoms with Crippen molar-refractivity contribution in [2.75, 3.05) is 19.0 Å². The molecule has 0 aliphatic rings. The first kappa shape index (κ1) is 16.6. The first-order valence-corrected chi connectivity index (χ1v) is 5.67. The Labute approximate surface area is 117 Å². The lowest BCUT2D eigenvalue weighted by Crippen LogP contribution is -2.30. The molecule has 0 radical (unpaired) electrons. The van der Waals surface area contributed by atoms with Gasteiger partial charge in [-0.15, -0.1) is 0 Å². The highest BCUT2D eigenvalue weighted by atomic mass is 19.4. The molecule has 2 N–H and O–H groups in total. The SMILES string of the molecule is CCOc1cc(C(=O)O)c(NC(=O)C(F)(F)F)cc1OC. The molecule has 0 fully saturated rings. The van der Waals surface area contributed by atoms with Crippen LogP contribution in [-0.2, 0) is 4.79 Å². The summed E-state index contributed by atoms with van der Waals surface area (Å²) in [5.41, 5.74) is -1.08. The number of rotatable bonds is 5. The van der Waals surface area contributed by atoms with Crippen LogP contribution in [0.3, 0.4) is 0 Å². The second-order valence-electron chi connectivity index (χ2n) is 3.74. The molecule has 0 aliphatic carbocycles. The molecule has 1 aromatic carbocycles. The number of ether oxygens (including phenoxy) is 2. The van der Waals surface area contributed by atoms with E-state index in [0.717, 1.165) is 12.1 Å². The number of amides is 1. The van der Waals surface area contributed by atoms with Gasteiger partial charge in [0.05, 0.1) is 25.0 Å². The highest BCUT2D eigenvalue weighted by Gasteiger charge is 2.39. The normalized spacial score (nSPS) is 10.9. The Hall–Kier alpha value is -2.45. The molecule has 1 aromatic rings. The fourth-order valence-corrected chi connectivity index (χ4v) is 1.46. The van der Waals surface area contributed by atoms with Crippen molar-refractivity contribution in [2.45, 2.75) is 13.1 Å². The van der Waals surface area contributed by atoms with Crippen LogP contribution in [0.15, 0.2) is 12.1 Å². The Balaban J connectivity index is 3.29. The number of carbonyl (C=O) groups excluding carboxylic acids is 1. The third kappa shape index (κ3) is 4.01. The number of carbonyl (C=O) groups is 2. The van der Waals surface area contributed by atoms with Gasteiger partial charge in [0, 0.05) is 12.1 Å². The molecule has 0 heterocycles. The molecular formula is C12H12F3NO5. The van der Waals surface area contributed by atoms with E-state index in [-0.39, 0.29) is 18.1 Å². The van der Waals surface area contributed by atoms with Crippen molar-refractivity contribution in [3.8, 4) is 11.5 Å². The molecule has 0 aromatic heterocycles. The van der Waals surface area contributed by atoms with Crippen molar-refractivity contribution in [2.24, 2.45) is 0 Å². The fourth-order valence-electron chi connectivity index (χ4n) is 1.46. The van der Waals surface area contributed by atoms with Gasteiger partial charge in [0.25, 0.3) is 0 Å². The Morgan fingerprint density at radius 2 is 1.90 bits per heavy atom. The van der Waals surface area contributed by atoms with E-state index in [0.29, 0.717) is 0 Å². The van der Waals surface area contributed by atoms with Gasteiger partial charge in [-0.2, -0.15) is 13.2 Å². The zero-order chi connectivity index (χ0) is 16.2. The number of carboxylic acid groups (broad SMARTS) is 1. The summed E-state index contributed by atoms with van der Waals surface area (Å²) >= 11 is 0. The van der Waals surface area contributed by atoms with Gasteiger partial charge in [-0.05, 0) is 6.92 Å². The molecule has 0 unspecified atom stereocenters. The predicted octanol–water partition coefficient (Wildman–Crippen LogP) is 2.29. The van der Waals surface area contributed by atoms with E-state index in [1.165, 1.54) is 12.4 Å². The Morgan fingerprint density at radius 3 is 2.33 bits per heavy atom. The number of aromatic carboxylic acids is 1. The third-order valence-electron chi connectivity index (χ3n) is 2.34. The molecule has 6 nitrogen and oxygen atoms in total. The van der Waals surface area contributed by atoms with Crippen molar-refractivity contribution in [1.82, 2.24) is 0 Å². The smallest absolute Gasteiger partial charge is 0.471 e. The van der Waals surface area contributed by atoms with Crippen LogP contribution in [0.2, 0.25) is 0 Å². The van der Waals surface area contributed by atoms with Crippen LogP contribution in [0, 0.1) is 0 Å². The number of hydrogen-bond acceptors (Lipinski definition) is 4. The average molecular weight is 307 g/mol. The van der Waals surface area contributed by atoms with Crippen LogP contribution in [-0.4, -0.2) is 36.9 Å². The first-order valence-electron chi connectivity index (χ1n) is 5.67. The minimum absolute atomic E-state index is 0.000625. The third-order valence-corrected chi connectivity index (χ3v) is 2.34. The van der Waals surface area contributed by atoms with Gasteiger partial charge in [0.1, 0.15) is 0 Å². The summed E-state index contributed by atoms with van der Waals surface area (Å²) in [6.07, 6.45) is -5.14.